The van der Waals surface area contributed by atoms with Gasteiger partial charge in [0.2, 0.25) is 5.91 Å². The highest BCUT2D eigenvalue weighted by Crippen LogP contribution is 2.34. The van der Waals surface area contributed by atoms with Crippen LogP contribution in [-0.4, -0.2) is 43.7 Å². The van der Waals surface area contributed by atoms with Crippen LogP contribution >= 0.6 is 0 Å². The Morgan fingerprint density at radius 1 is 1.29 bits per heavy atom. The van der Waals surface area contributed by atoms with E-state index in [1.807, 2.05) is 20.8 Å². The van der Waals surface area contributed by atoms with Gasteiger partial charge in [-0.2, -0.15) is 0 Å². The number of benzene rings is 1. The van der Waals surface area contributed by atoms with E-state index >= 15 is 0 Å². The van der Waals surface area contributed by atoms with Crippen LogP contribution in [0.1, 0.15) is 57.3 Å². The summed E-state index contributed by atoms with van der Waals surface area (Å²) in [4.78, 5) is 38.1. The van der Waals surface area contributed by atoms with Gasteiger partial charge in [0, 0.05) is 13.5 Å². The summed E-state index contributed by atoms with van der Waals surface area (Å²) in [5.74, 6) is -0.681. The Morgan fingerprint density at radius 3 is 2.64 bits per heavy atom. The molecule has 0 saturated carbocycles. The minimum Gasteiger partial charge on any atom is -0.491 e. The molecule has 0 aromatic heterocycles. The molecule has 7 heteroatoms. The fourth-order valence-electron chi connectivity index (χ4n) is 2.99. The van der Waals surface area contributed by atoms with Crippen molar-refractivity contribution in [3.05, 3.63) is 23.8 Å². The van der Waals surface area contributed by atoms with Crippen molar-refractivity contribution in [3.8, 4) is 5.75 Å². The van der Waals surface area contributed by atoms with Crippen molar-refractivity contribution in [2.24, 2.45) is 5.92 Å². The summed E-state index contributed by atoms with van der Waals surface area (Å²) < 4.78 is 16.1. The average molecular weight is 391 g/mol. The van der Waals surface area contributed by atoms with Gasteiger partial charge in [-0.25, -0.2) is 4.79 Å². The number of amides is 1. The number of carbonyl (C=O) groups is 3. The molecule has 1 atom stereocenters. The Bertz CT molecular complexity index is 737. The highest BCUT2D eigenvalue weighted by molar-refractivity contribution is 5.98. The summed E-state index contributed by atoms with van der Waals surface area (Å²) >= 11 is 0. The predicted octanol–water partition coefficient (Wildman–Crippen LogP) is 3.35. The number of hydrogen-bond acceptors (Lipinski definition) is 6. The largest absolute Gasteiger partial charge is 0.491 e. The second-order valence-electron chi connectivity index (χ2n) is 7.79. The van der Waals surface area contributed by atoms with Gasteiger partial charge in [-0.3, -0.25) is 9.59 Å². The molecular formula is C21H29NO6. The van der Waals surface area contributed by atoms with Crippen LogP contribution in [0, 0.1) is 5.92 Å². The monoisotopic (exact) mass is 391 g/mol. The first-order valence-electron chi connectivity index (χ1n) is 9.55. The van der Waals surface area contributed by atoms with Crippen LogP contribution < -0.4 is 9.64 Å². The molecule has 0 radical (unpaired) electrons. The molecule has 0 unspecified atom stereocenters. The quantitative estimate of drug-likeness (QED) is 0.692. The van der Waals surface area contributed by atoms with Gasteiger partial charge in [0.1, 0.15) is 11.4 Å². The fourth-order valence-corrected chi connectivity index (χ4v) is 2.99. The summed E-state index contributed by atoms with van der Waals surface area (Å²) in [5, 5.41) is 0. The Kier molecular flexibility index (Phi) is 7.05. The molecule has 0 N–H and O–H groups in total. The van der Waals surface area contributed by atoms with Crippen molar-refractivity contribution in [1.82, 2.24) is 0 Å². The van der Waals surface area contributed by atoms with Crippen LogP contribution in [0.15, 0.2) is 18.2 Å². The number of fused-ring (bicyclic) bond motifs is 1. The third kappa shape index (κ3) is 5.71. The molecule has 1 aliphatic heterocycles. The number of hydrogen-bond donors (Lipinski definition) is 0. The molecule has 1 aromatic rings. The molecule has 0 saturated heterocycles. The minimum atomic E-state index is -0.517. The molecule has 1 heterocycles. The van der Waals surface area contributed by atoms with Gasteiger partial charge in [0.15, 0.2) is 0 Å². The second-order valence-corrected chi connectivity index (χ2v) is 7.79. The molecule has 7 nitrogen and oxygen atoms in total. The van der Waals surface area contributed by atoms with Crippen LogP contribution in [0.2, 0.25) is 0 Å². The number of ether oxygens (including phenoxy) is 3. The van der Waals surface area contributed by atoms with E-state index in [9.17, 15) is 14.4 Å². The van der Waals surface area contributed by atoms with Crippen molar-refractivity contribution in [2.45, 2.75) is 52.6 Å². The lowest BCUT2D eigenvalue weighted by Crippen LogP contribution is -2.33. The van der Waals surface area contributed by atoms with E-state index in [-0.39, 0.29) is 37.4 Å². The zero-order chi connectivity index (χ0) is 20.9. The van der Waals surface area contributed by atoms with Gasteiger partial charge < -0.3 is 19.1 Å². The lowest BCUT2D eigenvalue weighted by Gasteiger charge is -2.21. The van der Waals surface area contributed by atoms with E-state index in [1.165, 1.54) is 4.90 Å². The van der Waals surface area contributed by atoms with Gasteiger partial charge in [0.05, 0.1) is 30.4 Å². The van der Waals surface area contributed by atoms with Crippen molar-refractivity contribution in [2.75, 3.05) is 25.2 Å². The summed E-state index contributed by atoms with van der Waals surface area (Å²) in [5.41, 5.74) is 0.467. The van der Waals surface area contributed by atoms with Gasteiger partial charge in [-0.15, -0.1) is 0 Å². The maximum Gasteiger partial charge on any atom is 0.338 e. The summed E-state index contributed by atoms with van der Waals surface area (Å²) in [6.07, 6.45) is 1.30. The molecular weight excluding hydrogens is 362 g/mol. The van der Waals surface area contributed by atoms with Crippen molar-refractivity contribution >= 4 is 23.5 Å². The molecule has 0 spiro atoms. The summed E-state index contributed by atoms with van der Waals surface area (Å²) in [6, 6.07) is 4.90. The van der Waals surface area contributed by atoms with E-state index in [4.69, 9.17) is 14.2 Å². The lowest BCUT2D eigenvalue weighted by molar-refractivity contribution is -0.155. The van der Waals surface area contributed by atoms with Crippen molar-refractivity contribution < 1.29 is 28.6 Å². The molecule has 28 heavy (non-hydrogen) atoms. The Morgan fingerprint density at radius 2 is 2.00 bits per heavy atom. The van der Waals surface area contributed by atoms with Crippen molar-refractivity contribution in [1.29, 1.82) is 0 Å². The van der Waals surface area contributed by atoms with E-state index in [1.54, 1.807) is 32.2 Å². The average Bonchev–Trinajstić information content (AvgIpc) is 2.72. The zero-order valence-electron chi connectivity index (χ0n) is 17.2. The fraction of sp³-hybridized carbons (Fsp3) is 0.571. The van der Waals surface area contributed by atoms with Crippen molar-refractivity contribution in [3.63, 3.8) is 0 Å². The van der Waals surface area contributed by atoms with E-state index < -0.39 is 11.6 Å². The molecule has 1 aromatic carbocycles. The maximum atomic E-state index is 12.8. The molecule has 0 bridgehead atoms. The molecule has 1 amide bonds. The lowest BCUT2D eigenvalue weighted by atomic mass is 10.0. The van der Waals surface area contributed by atoms with E-state index in [0.29, 0.717) is 29.8 Å². The topological polar surface area (TPSA) is 82.1 Å². The van der Waals surface area contributed by atoms with Crippen LogP contribution in [0.4, 0.5) is 5.69 Å². The number of carbonyl (C=O) groups excluding carboxylic acids is 3. The highest BCUT2D eigenvalue weighted by atomic mass is 16.6. The summed E-state index contributed by atoms with van der Waals surface area (Å²) in [7, 11) is 1.68. The molecule has 0 aliphatic carbocycles. The molecule has 154 valence electrons. The first-order valence-corrected chi connectivity index (χ1v) is 9.55. The van der Waals surface area contributed by atoms with E-state index in [0.717, 1.165) is 0 Å². The normalized spacial score (nSPS) is 16.7. The number of nitrogens with zero attached hydrogens (tertiary/aromatic N) is 1. The predicted molar refractivity (Wildman–Crippen MR) is 104 cm³/mol. The Balaban J connectivity index is 2.01. The number of anilines is 1. The standard InChI is InChI=1S/C21H29NO6/c1-6-26-20(25)14-10-11-16-17(12-14)27-13-15(19(24)22(16)5)8-7-9-18(23)28-21(2,3)4/h10-12,15H,6-9,13H2,1-5H3/t15-/m0/s1. The first kappa shape index (κ1) is 21.7. The SMILES string of the molecule is CCOC(=O)c1ccc2c(c1)OC[C@H](CCCC(=O)OC(C)(C)C)C(=O)N2C. The smallest absolute Gasteiger partial charge is 0.338 e. The van der Waals surface area contributed by atoms with Crippen LogP contribution in [0.25, 0.3) is 0 Å². The van der Waals surface area contributed by atoms with E-state index in [2.05, 4.69) is 0 Å². The highest BCUT2D eigenvalue weighted by Gasteiger charge is 2.30. The maximum absolute atomic E-state index is 12.8. The third-order valence-electron chi connectivity index (χ3n) is 4.31. The summed E-state index contributed by atoms with van der Waals surface area (Å²) in [6.45, 7) is 7.69. The van der Waals surface area contributed by atoms with Crippen LogP contribution in [-0.2, 0) is 19.1 Å². The van der Waals surface area contributed by atoms with Gasteiger partial charge in [-0.1, -0.05) is 0 Å². The molecule has 0 fully saturated rings. The van der Waals surface area contributed by atoms with Gasteiger partial charge in [-0.05, 0) is 58.7 Å². The Hall–Kier alpha value is -2.57. The minimum absolute atomic E-state index is 0.0770. The van der Waals surface area contributed by atoms with Crippen LogP contribution in [0.3, 0.4) is 0 Å². The number of rotatable bonds is 6. The molecule has 2 rings (SSSR count). The van der Waals surface area contributed by atoms with Gasteiger partial charge >= 0.3 is 11.9 Å². The number of esters is 2. The van der Waals surface area contributed by atoms with Gasteiger partial charge in [0.25, 0.3) is 0 Å². The molecule has 1 aliphatic rings. The first-order chi connectivity index (χ1) is 13.1. The second kappa shape index (κ2) is 9.08. The Labute approximate surface area is 165 Å². The zero-order valence-corrected chi connectivity index (χ0v) is 17.2. The third-order valence-corrected chi connectivity index (χ3v) is 4.31. The van der Waals surface area contributed by atoms with Crippen LogP contribution in [0.5, 0.6) is 5.75 Å².